The summed E-state index contributed by atoms with van der Waals surface area (Å²) in [7, 11) is 0. The topological polar surface area (TPSA) is 40.5 Å². The number of halogens is 1. The molecule has 118 valence electrons. The molecule has 3 nitrogen and oxygen atoms in total. The molecule has 0 radical (unpaired) electrons. The quantitative estimate of drug-likeness (QED) is 0.310. The molecule has 0 unspecified atom stereocenters. The molecule has 0 saturated heterocycles. The molecular weight excluding hydrogens is 262 g/mol. The van der Waals surface area contributed by atoms with E-state index < -0.39 is 4.81 Å². The molecule has 0 aliphatic heterocycles. The Balaban J connectivity index is 0. The summed E-state index contributed by atoms with van der Waals surface area (Å²) in [4.78, 5) is -0.784. The number of quaternary nitrogens is 1. The zero-order chi connectivity index (χ0) is 13.7. The lowest BCUT2D eigenvalue weighted by molar-refractivity contribution is -1.24. The number of unbranched alkanes of at least 4 members (excludes halogenated alkanes) is 9. The largest absolute Gasteiger partial charge is 1.00 e. The van der Waals surface area contributed by atoms with Crippen molar-refractivity contribution >= 4 is 0 Å². The van der Waals surface area contributed by atoms with Crippen LogP contribution < -0.4 is 12.4 Å². The molecule has 0 fully saturated rings. The Morgan fingerprint density at radius 1 is 0.579 bits per heavy atom. The summed E-state index contributed by atoms with van der Waals surface area (Å²) in [6.45, 7) is 5.14. The predicted octanol–water partition coefficient (Wildman–Crippen LogP) is 1.92. The number of nitrogens with zero attached hydrogens (tertiary/aromatic N) is 1. The van der Waals surface area contributed by atoms with E-state index >= 15 is 0 Å². The predicted molar refractivity (Wildman–Crippen MR) is 75.7 cm³/mol. The van der Waals surface area contributed by atoms with Gasteiger partial charge in [0.05, 0.1) is 0 Å². The van der Waals surface area contributed by atoms with Gasteiger partial charge in [0.1, 0.15) is 13.1 Å². The van der Waals surface area contributed by atoms with Crippen LogP contribution in [0.1, 0.15) is 84.5 Å². The number of rotatable bonds is 13. The van der Waals surface area contributed by atoms with Crippen LogP contribution in [0.4, 0.5) is 0 Å². The van der Waals surface area contributed by atoms with E-state index in [4.69, 9.17) is 0 Å². The first kappa shape index (κ1) is 21.5. The molecular formula is C15H34ClNO2. The van der Waals surface area contributed by atoms with E-state index in [9.17, 15) is 10.4 Å². The van der Waals surface area contributed by atoms with Gasteiger partial charge in [-0.15, -0.1) is 0 Å². The Morgan fingerprint density at radius 3 is 1.42 bits per heavy atom. The molecule has 4 heteroatoms. The number of hydroxylamine groups is 4. The minimum atomic E-state index is -0.784. The van der Waals surface area contributed by atoms with E-state index in [1.165, 1.54) is 51.4 Å². The maximum atomic E-state index is 9.53. The van der Waals surface area contributed by atoms with Crippen molar-refractivity contribution in [3.05, 3.63) is 0 Å². The van der Waals surface area contributed by atoms with Crippen LogP contribution in [0.5, 0.6) is 0 Å². The molecule has 19 heavy (non-hydrogen) atoms. The minimum Gasteiger partial charge on any atom is -1.00 e. The molecule has 0 aliphatic carbocycles. The van der Waals surface area contributed by atoms with Crippen LogP contribution in [0.2, 0.25) is 0 Å². The van der Waals surface area contributed by atoms with Crippen molar-refractivity contribution in [3.8, 4) is 0 Å². The van der Waals surface area contributed by atoms with E-state index in [1.54, 1.807) is 0 Å². The standard InChI is InChI=1S/C15H34NO2.ClH/c1-3-5-6-7-8-9-10-11-12-13-15-16(17,18)14-4-2;/h17-18H,3-15H2,1-2H3;1H/q+1;/p-1. The molecule has 0 aliphatic rings. The fourth-order valence-electron chi connectivity index (χ4n) is 2.32. The highest BCUT2D eigenvalue weighted by atomic mass is 35.5. The second-order valence-electron chi connectivity index (χ2n) is 5.51. The second-order valence-corrected chi connectivity index (χ2v) is 5.51. The Bertz CT molecular complexity index is 178. The van der Waals surface area contributed by atoms with Crippen molar-refractivity contribution in [2.75, 3.05) is 13.1 Å². The lowest BCUT2D eigenvalue weighted by Crippen LogP contribution is -3.00. The van der Waals surface area contributed by atoms with Crippen LogP contribution >= 0.6 is 0 Å². The third-order valence-electron chi connectivity index (χ3n) is 3.45. The van der Waals surface area contributed by atoms with Gasteiger partial charge in [-0.3, -0.25) is 0 Å². The molecule has 0 aromatic carbocycles. The van der Waals surface area contributed by atoms with Gasteiger partial charge < -0.3 is 12.4 Å². The van der Waals surface area contributed by atoms with Crippen molar-refractivity contribution in [3.63, 3.8) is 0 Å². The molecule has 0 amide bonds. The summed E-state index contributed by atoms with van der Waals surface area (Å²) in [5.41, 5.74) is 0. The van der Waals surface area contributed by atoms with E-state index in [1.807, 2.05) is 6.92 Å². The SMILES string of the molecule is CCCCCCCCCCCC[N+](O)(O)CCC.[Cl-]. The molecule has 0 atom stereocenters. The van der Waals surface area contributed by atoms with Crippen molar-refractivity contribution in [2.45, 2.75) is 84.5 Å². The summed E-state index contributed by atoms with van der Waals surface area (Å²) in [6, 6.07) is 0. The first-order valence-electron chi connectivity index (χ1n) is 7.95. The van der Waals surface area contributed by atoms with Gasteiger partial charge >= 0.3 is 0 Å². The summed E-state index contributed by atoms with van der Waals surface area (Å²) in [6.07, 6.45) is 13.6. The normalized spacial score (nSPS) is 11.4. The molecule has 0 heterocycles. The Labute approximate surface area is 125 Å². The average molecular weight is 296 g/mol. The highest BCUT2D eigenvalue weighted by Gasteiger charge is 2.19. The highest BCUT2D eigenvalue weighted by molar-refractivity contribution is 4.47. The zero-order valence-corrected chi connectivity index (χ0v) is 13.7. The van der Waals surface area contributed by atoms with Crippen molar-refractivity contribution in [1.29, 1.82) is 0 Å². The molecule has 0 spiro atoms. The Kier molecular flexibility index (Phi) is 16.5. The fraction of sp³-hybridized carbons (Fsp3) is 1.00. The summed E-state index contributed by atoms with van der Waals surface area (Å²) < 4.78 is 0. The van der Waals surface area contributed by atoms with Gasteiger partial charge in [0.25, 0.3) is 0 Å². The average Bonchev–Trinajstić information content (AvgIpc) is 2.31. The fourth-order valence-corrected chi connectivity index (χ4v) is 2.32. The molecule has 0 saturated carbocycles. The molecule has 0 bridgehead atoms. The maximum absolute atomic E-state index is 9.53. The molecule has 0 aromatic heterocycles. The number of hydrogen-bond acceptors (Lipinski definition) is 2. The van der Waals surface area contributed by atoms with E-state index in [-0.39, 0.29) is 12.4 Å². The first-order chi connectivity index (χ1) is 8.62. The van der Waals surface area contributed by atoms with Gasteiger partial charge in [-0.1, -0.05) is 65.2 Å². The second kappa shape index (κ2) is 14.6. The third kappa shape index (κ3) is 16.1. The third-order valence-corrected chi connectivity index (χ3v) is 3.45. The van der Waals surface area contributed by atoms with Crippen LogP contribution in [-0.4, -0.2) is 28.3 Å². The lowest BCUT2D eigenvalue weighted by Gasteiger charge is -2.20. The zero-order valence-electron chi connectivity index (χ0n) is 12.9. The van der Waals surface area contributed by atoms with Crippen molar-refractivity contribution < 1.29 is 27.6 Å². The van der Waals surface area contributed by atoms with Gasteiger partial charge in [-0.25, -0.2) is 0 Å². The van der Waals surface area contributed by atoms with Gasteiger partial charge in [-0.05, 0) is 17.7 Å². The van der Waals surface area contributed by atoms with E-state index in [0.29, 0.717) is 13.1 Å². The van der Waals surface area contributed by atoms with Crippen LogP contribution in [0, 0.1) is 0 Å². The van der Waals surface area contributed by atoms with Crippen LogP contribution in [0.3, 0.4) is 0 Å². The van der Waals surface area contributed by atoms with Gasteiger partial charge in [0.15, 0.2) is 0 Å². The molecule has 0 rings (SSSR count). The van der Waals surface area contributed by atoms with E-state index in [2.05, 4.69) is 6.92 Å². The molecule has 2 N–H and O–H groups in total. The van der Waals surface area contributed by atoms with Gasteiger partial charge in [-0.2, -0.15) is 10.4 Å². The first-order valence-corrected chi connectivity index (χ1v) is 7.95. The monoisotopic (exact) mass is 295 g/mol. The highest BCUT2D eigenvalue weighted by Crippen LogP contribution is 2.11. The van der Waals surface area contributed by atoms with Crippen molar-refractivity contribution in [2.24, 2.45) is 0 Å². The number of hydrogen-bond donors (Lipinski definition) is 2. The van der Waals surface area contributed by atoms with Gasteiger partial charge in [0.2, 0.25) is 0 Å². The summed E-state index contributed by atoms with van der Waals surface area (Å²) in [5, 5.41) is 19.1. The smallest absolute Gasteiger partial charge is 0.142 e. The van der Waals surface area contributed by atoms with Gasteiger partial charge in [0, 0.05) is 6.42 Å². The van der Waals surface area contributed by atoms with Crippen LogP contribution in [0.15, 0.2) is 0 Å². The van der Waals surface area contributed by atoms with E-state index in [0.717, 1.165) is 19.3 Å². The Hall–Kier alpha value is 0.170. The van der Waals surface area contributed by atoms with Crippen LogP contribution in [-0.2, 0) is 0 Å². The molecule has 0 aromatic rings. The summed E-state index contributed by atoms with van der Waals surface area (Å²) >= 11 is 0. The maximum Gasteiger partial charge on any atom is 0.142 e. The lowest BCUT2D eigenvalue weighted by atomic mass is 10.1. The summed E-state index contributed by atoms with van der Waals surface area (Å²) in [5.74, 6) is 0. The van der Waals surface area contributed by atoms with Crippen molar-refractivity contribution in [1.82, 2.24) is 0 Å². The minimum absolute atomic E-state index is 0. The van der Waals surface area contributed by atoms with Crippen LogP contribution in [0.25, 0.3) is 0 Å². The Morgan fingerprint density at radius 2 is 1.00 bits per heavy atom.